The fourth-order valence-corrected chi connectivity index (χ4v) is 1.21. The maximum absolute atomic E-state index is 5.23. The Balaban J connectivity index is 2.30. The molecule has 1 unspecified atom stereocenters. The number of methoxy groups -OCH3 is 1. The molecule has 2 heteroatoms. The van der Waals surface area contributed by atoms with Gasteiger partial charge < -0.3 is 9.47 Å². The van der Waals surface area contributed by atoms with Crippen LogP contribution in [0.1, 0.15) is 13.3 Å². The van der Waals surface area contributed by atoms with Crippen LogP contribution in [0.25, 0.3) is 0 Å². The first-order valence-electron chi connectivity index (χ1n) is 3.45. The fourth-order valence-electron chi connectivity index (χ4n) is 1.21. The van der Waals surface area contributed by atoms with Crippen LogP contribution in [0.5, 0.6) is 0 Å². The molecule has 2 nitrogen and oxygen atoms in total. The number of hydrogen-bond donors (Lipinski definition) is 0. The lowest BCUT2D eigenvalue weighted by Gasteiger charge is -2.27. The lowest BCUT2D eigenvalue weighted by Crippen LogP contribution is -2.31. The normalized spacial score (nSPS) is 36.7. The molecule has 0 saturated carbocycles. The van der Waals surface area contributed by atoms with Gasteiger partial charge in [-0.25, -0.2) is 0 Å². The van der Waals surface area contributed by atoms with Crippen LogP contribution in [0.4, 0.5) is 0 Å². The Morgan fingerprint density at radius 3 is 2.78 bits per heavy atom. The minimum absolute atomic E-state index is 0.429. The second-order valence-corrected chi connectivity index (χ2v) is 2.62. The average molecular weight is 130 g/mol. The van der Waals surface area contributed by atoms with Crippen molar-refractivity contribution in [2.75, 3.05) is 20.3 Å². The standard InChI is InChI=1S/C7H14O2/c1-6-5-9-4-3-7(6)8-2/h6-7H,3-5H2,1-2H3/t6?,7-/m0/s1. The molecule has 0 radical (unpaired) electrons. The highest BCUT2D eigenvalue weighted by molar-refractivity contribution is 4.69. The van der Waals surface area contributed by atoms with Gasteiger partial charge in [-0.05, 0) is 6.42 Å². The Hall–Kier alpha value is -0.0800. The van der Waals surface area contributed by atoms with Crippen molar-refractivity contribution in [3.8, 4) is 0 Å². The van der Waals surface area contributed by atoms with E-state index in [0.717, 1.165) is 19.6 Å². The molecule has 0 aromatic carbocycles. The van der Waals surface area contributed by atoms with Gasteiger partial charge in [-0.1, -0.05) is 6.92 Å². The molecule has 1 aliphatic heterocycles. The van der Waals surface area contributed by atoms with Crippen molar-refractivity contribution >= 4 is 0 Å². The topological polar surface area (TPSA) is 18.5 Å². The highest BCUT2D eigenvalue weighted by Gasteiger charge is 2.20. The summed E-state index contributed by atoms with van der Waals surface area (Å²) >= 11 is 0. The summed E-state index contributed by atoms with van der Waals surface area (Å²) in [7, 11) is 1.77. The van der Waals surface area contributed by atoms with Gasteiger partial charge in [0.15, 0.2) is 0 Å². The van der Waals surface area contributed by atoms with Crippen molar-refractivity contribution < 1.29 is 9.47 Å². The van der Waals surface area contributed by atoms with Crippen LogP contribution in [0.15, 0.2) is 0 Å². The average Bonchev–Trinajstić information content (AvgIpc) is 1.89. The van der Waals surface area contributed by atoms with Gasteiger partial charge in [0.2, 0.25) is 0 Å². The SMILES string of the molecule is CO[C@H]1CCOCC1C. The number of rotatable bonds is 1. The van der Waals surface area contributed by atoms with E-state index in [1.54, 1.807) is 7.11 Å². The molecule has 2 atom stereocenters. The molecule has 0 aliphatic carbocycles. The number of ether oxygens (including phenoxy) is 2. The smallest absolute Gasteiger partial charge is 0.0640 e. The summed E-state index contributed by atoms with van der Waals surface area (Å²) in [5.41, 5.74) is 0. The molecule has 0 spiro atoms. The fraction of sp³-hybridized carbons (Fsp3) is 1.00. The van der Waals surface area contributed by atoms with Gasteiger partial charge in [0, 0.05) is 19.6 Å². The van der Waals surface area contributed by atoms with Crippen LogP contribution in [-0.4, -0.2) is 26.4 Å². The van der Waals surface area contributed by atoms with Crippen LogP contribution in [-0.2, 0) is 9.47 Å². The minimum atomic E-state index is 0.429. The maximum atomic E-state index is 5.23. The first-order valence-corrected chi connectivity index (χ1v) is 3.45. The first-order chi connectivity index (χ1) is 4.34. The quantitative estimate of drug-likeness (QED) is 0.528. The van der Waals surface area contributed by atoms with Gasteiger partial charge in [0.1, 0.15) is 0 Å². The third kappa shape index (κ3) is 1.66. The number of hydrogen-bond acceptors (Lipinski definition) is 2. The molecule has 9 heavy (non-hydrogen) atoms. The monoisotopic (exact) mass is 130 g/mol. The van der Waals surface area contributed by atoms with E-state index < -0.39 is 0 Å². The molecular weight excluding hydrogens is 116 g/mol. The zero-order valence-corrected chi connectivity index (χ0v) is 6.09. The highest BCUT2D eigenvalue weighted by Crippen LogP contribution is 2.15. The Morgan fingerprint density at radius 1 is 1.56 bits per heavy atom. The molecule has 1 saturated heterocycles. The van der Waals surface area contributed by atoms with Gasteiger partial charge in [0.25, 0.3) is 0 Å². The van der Waals surface area contributed by atoms with Gasteiger partial charge in [-0.3, -0.25) is 0 Å². The molecule has 1 fully saturated rings. The van der Waals surface area contributed by atoms with E-state index in [-0.39, 0.29) is 0 Å². The third-order valence-electron chi connectivity index (χ3n) is 1.86. The second kappa shape index (κ2) is 3.18. The Labute approximate surface area is 56.2 Å². The van der Waals surface area contributed by atoms with Crippen LogP contribution in [0.2, 0.25) is 0 Å². The lowest BCUT2D eigenvalue weighted by molar-refractivity contribution is -0.0494. The molecule has 1 heterocycles. The predicted molar refractivity (Wildman–Crippen MR) is 35.4 cm³/mol. The highest BCUT2D eigenvalue weighted by atomic mass is 16.5. The molecule has 0 amide bonds. The van der Waals surface area contributed by atoms with E-state index in [4.69, 9.17) is 9.47 Å². The van der Waals surface area contributed by atoms with E-state index in [9.17, 15) is 0 Å². The Kier molecular flexibility index (Phi) is 2.49. The van der Waals surface area contributed by atoms with Crippen molar-refractivity contribution in [1.82, 2.24) is 0 Å². The molecule has 1 rings (SSSR count). The summed E-state index contributed by atoms with van der Waals surface area (Å²) in [4.78, 5) is 0. The molecule has 0 bridgehead atoms. The van der Waals surface area contributed by atoms with Gasteiger partial charge in [0.05, 0.1) is 12.7 Å². The van der Waals surface area contributed by atoms with E-state index >= 15 is 0 Å². The van der Waals surface area contributed by atoms with Gasteiger partial charge in [-0.2, -0.15) is 0 Å². The van der Waals surface area contributed by atoms with E-state index in [1.807, 2.05) is 0 Å². The summed E-state index contributed by atoms with van der Waals surface area (Å²) in [5.74, 6) is 0.573. The summed E-state index contributed by atoms with van der Waals surface area (Å²) in [6.45, 7) is 3.88. The third-order valence-corrected chi connectivity index (χ3v) is 1.86. The van der Waals surface area contributed by atoms with E-state index in [2.05, 4.69) is 6.92 Å². The molecule has 0 N–H and O–H groups in total. The molecule has 0 aromatic heterocycles. The molecule has 1 aliphatic rings. The van der Waals surface area contributed by atoms with Crippen LogP contribution >= 0.6 is 0 Å². The van der Waals surface area contributed by atoms with Crippen molar-refractivity contribution in [3.05, 3.63) is 0 Å². The zero-order valence-electron chi connectivity index (χ0n) is 6.09. The summed E-state index contributed by atoms with van der Waals surface area (Å²) < 4.78 is 10.5. The summed E-state index contributed by atoms with van der Waals surface area (Å²) in [5, 5.41) is 0. The first kappa shape index (κ1) is 7.03. The zero-order chi connectivity index (χ0) is 6.69. The molecule has 0 aromatic rings. The van der Waals surface area contributed by atoms with Gasteiger partial charge >= 0.3 is 0 Å². The van der Waals surface area contributed by atoms with Crippen molar-refractivity contribution in [3.63, 3.8) is 0 Å². The van der Waals surface area contributed by atoms with E-state index in [1.165, 1.54) is 0 Å². The largest absolute Gasteiger partial charge is 0.381 e. The van der Waals surface area contributed by atoms with Crippen LogP contribution in [0.3, 0.4) is 0 Å². The lowest BCUT2D eigenvalue weighted by atomic mass is 10.0. The molecular formula is C7H14O2. The maximum Gasteiger partial charge on any atom is 0.0640 e. The van der Waals surface area contributed by atoms with Crippen molar-refractivity contribution in [2.45, 2.75) is 19.4 Å². The van der Waals surface area contributed by atoms with Crippen LogP contribution < -0.4 is 0 Å². The van der Waals surface area contributed by atoms with Crippen LogP contribution in [0, 0.1) is 5.92 Å². The van der Waals surface area contributed by atoms with Crippen molar-refractivity contribution in [1.29, 1.82) is 0 Å². The minimum Gasteiger partial charge on any atom is -0.381 e. The van der Waals surface area contributed by atoms with Gasteiger partial charge in [-0.15, -0.1) is 0 Å². The van der Waals surface area contributed by atoms with E-state index in [0.29, 0.717) is 12.0 Å². The summed E-state index contributed by atoms with van der Waals surface area (Å²) in [6, 6.07) is 0. The predicted octanol–water partition coefficient (Wildman–Crippen LogP) is 1.06. The summed E-state index contributed by atoms with van der Waals surface area (Å²) in [6.07, 6.45) is 1.48. The van der Waals surface area contributed by atoms with Crippen molar-refractivity contribution in [2.24, 2.45) is 5.92 Å². The molecule has 54 valence electrons. The Bertz CT molecular complexity index is 83.0. The second-order valence-electron chi connectivity index (χ2n) is 2.62. The Morgan fingerprint density at radius 2 is 2.33 bits per heavy atom.